The van der Waals surface area contributed by atoms with E-state index in [9.17, 15) is 4.79 Å². The molecular weight excluding hydrogens is 292 g/mol. The lowest BCUT2D eigenvalue weighted by Gasteiger charge is -2.31. The lowest BCUT2D eigenvalue weighted by molar-refractivity contribution is 0.0640. The van der Waals surface area contributed by atoms with Crippen LogP contribution in [0.2, 0.25) is 0 Å². The van der Waals surface area contributed by atoms with E-state index in [2.05, 4.69) is 4.98 Å². The second-order valence-corrected chi connectivity index (χ2v) is 6.73. The maximum absolute atomic E-state index is 12.9. The molecule has 2 rings (SSSR count). The third-order valence-corrected chi connectivity index (χ3v) is 4.34. The number of amides is 1. The number of aromatic nitrogens is 1. The van der Waals surface area contributed by atoms with E-state index >= 15 is 0 Å². The van der Waals surface area contributed by atoms with Gasteiger partial charge in [-0.05, 0) is 52.0 Å². The third kappa shape index (κ3) is 3.89. The summed E-state index contributed by atoms with van der Waals surface area (Å²) in [7, 11) is 0. The predicted octanol–water partition coefficient (Wildman–Crippen LogP) is 4.49. The highest BCUT2D eigenvalue weighted by Crippen LogP contribution is 2.30. The molecule has 0 aliphatic carbocycles. The first-order valence-corrected chi connectivity index (χ1v) is 8.33. The summed E-state index contributed by atoms with van der Waals surface area (Å²) in [6, 6.07) is 13.9. The summed E-state index contributed by atoms with van der Waals surface area (Å²) in [5, 5.41) is 0.892. The largest absolute Gasteiger partial charge is 0.334 e. The van der Waals surface area contributed by atoms with E-state index in [-0.39, 0.29) is 18.0 Å². The average Bonchev–Trinajstić information content (AvgIpc) is 2.48. The minimum absolute atomic E-state index is 0.0732. The Kier molecular flexibility index (Phi) is 5.61. The molecule has 1 aromatic carbocycles. The lowest BCUT2D eigenvalue weighted by atomic mass is 10.1. The van der Waals surface area contributed by atoms with Gasteiger partial charge < -0.3 is 4.90 Å². The van der Waals surface area contributed by atoms with E-state index in [1.807, 2.05) is 75.1 Å². The summed E-state index contributed by atoms with van der Waals surface area (Å²) in [5.41, 5.74) is 0.737. The summed E-state index contributed by atoms with van der Waals surface area (Å²) in [5.74, 6) is 0.0732. The topological polar surface area (TPSA) is 33.2 Å². The van der Waals surface area contributed by atoms with Crippen LogP contribution in [0.3, 0.4) is 0 Å². The van der Waals surface area contributed by atoms with Crippen LogP contribution in [0.1, 0.15) is 38.1 Å². The monoisotopic (exact) mass is 314 g/mol. The van der Waals surface area contributed by atoms with Gasteiger partial charge >= 0.3 is 0 Å². The van der Waals surface area contributed by atoms with Crippen molar-refractivity contribution in [2.75, 3.05) is 0 Å². The first-order valence-electron chi connectivity index (χ1n) is 7.51. The molecule has 4 heteroatoms. The summed E-state index contributed by atoms with van der Waals surface area (Å²) in [4.78, 5) is 20.1. The molecule has 1 heterocycles. The highest BCUT2D eigenvalue weighted by Gasteiger charge is 2.23. The van der Waals surface area contributed by atoms with E-state index in [4.69, 9.17) is 0 Å². The van der Waals surface area contributed by atoms with Crippen molar-refractivity contribution in [3.8, 4) is 0 Å². The molecule has 0 atom stereocenters. The molecule has 1 amide bonds. The van der Waals surface area contributed by atoms with Crippen molar-refractivity contribution in [3.05, 3.63) is 54.2 Å². The SMILES string of the molecule is CC(C)N(C(=O)c1ccccc1Sc1ccccn1)C(C)C. The van der Waals surface area contributed by atoms with Crippen LogP contribution in [0.15, 0.2) is 58.6 Å². The normalized spacial score (nSPS) is 11.0. The highest BCUT2D eigenvalue weighted by atomic mass is 32.2. The number of hydrogen-bond donors (Lipinski definition) is 0. The third-order valence-electron chi connectivity index (χ3n) is 3.32. The Balaban J connectivity index is 2.33. The van der Waals surface area contributed by atoms with Crippen LogP contribution in [0.4, 0.5) is 0 Å². The molecule has 0 saturated heterocycles. The lowest BCUT2D eigenvalue weighted by Crippen LogP contribution is -2.42. The Hall–Kier alpha value is -1.81. The summed E-state index contributed by atoms with van der Waals surface area (Å²) < 4.78 is 0. The molecule has 0 N–H and O–H groups in total. The van der Waals surface area contributed by atoms with E-state index in [0.29, 0.717) is 0 Å². The fourth-order valence-electron chi connectivity index (χ4n) is 2.46. The van der Waals surface area contributed by atoms with Gasteiger partial charge in [-0.1, -0.05) is 30.0 Å². The zero-order valence-corrected chi connectivity index (χ0v) is 14.3. The van der Waals surface area contributed by atoms with Gasteiger partial charge in [0.2, 0.25) is 0 Å². The van der Waals surface area contributed by atoms with Gasteiger partial charge in [0.05, 0.1) is 5.56 Å². The van der Waals surface area contributed by atoms with Crippen molar-refractivity contribution >= 4 is 17.7 Å². The Morgan fingerprint density at radius 1 is 1.00 bits per heavy atom. The Bertz CT molecular complexity index is 618. The number of benzene rings is 1. The van der Waals surface area contributed by atoms with Crippen LogP contribution in [0.5, 0.6) is 0 Å². The van der Waals surface area contributed by atoms with Crippen LogP contribution < -0.4 is 0 Å². The van der Waals surface area contributed by atoms with Crippen LogP contribution in [-0.2, 0) is 0 Å². The number of nitrogens with zero attached hydrogens (tertiary/aromatic N) is 2. The molecule has 116 valence electrons. The fourth-order valence-corrected chi connectivity index (χ4v) is 3.35. The molecule has 0 bridgehead atoms. The van der Waals surface area contributed by atoms with Crippen LogP contribution in [-0.4, -0.2) is 27.9 Å². The van der Waals surface area contributed by atoms with Gasteiger partial charge in [-0.15, -0.1) is 0 Å². The zero-order chi connectivity index (χ0) is 16.1. The van der Waals surface area contributed by atoms with E-state index < -0.39 is 0 Å². The van der Waals surface area contributed by atoms with Gasteiger partial charge in [-0.3, -0.25) is 4.79 Å². The predicted molar refractivity (Wildman–Crippen MR) is 91.2 cm³/mol. The van der Waals surface area contributed by atoms with Crippen LogP contribution >= 0.6 is 11.8 Å². The van der Waals surface area contributed by atoms with Gasteiger partial charge in [0.25, 0.3) is 5.91 Å². The smallest absolute Gasteiger partial charge is 0.255 e. The minimum Gasteiger partial charge on any atom is -0.334 e. The van der Waals surface area contributed by atoms with Crippen molar-refractivity contribution in [1.29, 1.82) is 0 Å². The standard InChI is InChI=1S/C18H22N2OS/c1-13(2)20(14(3)4)18(21)15-9-5-6-10-16(15)22-17-11-7-8-12-19-17/h5-14H,1-4H3. The number of carbonyl (C=O) groups is 1. The summed E-state index contributed by atoms with van der Waals surface area (Å²) in [6.45, 7) is 8.19. The van der Waals surface area contributed by atoms with Crippen molar-refractivity contribution in [3.63, 3.8) is 0 Å². The second kappa shape index (κ2) is 7.45. The van der Waals surface area contributed by atoms with Gasteiger partial charge in [0.1, 0.15) is 5.03 Å². The molecule has 0 saturated carbocycles. The quantitative estimate of drug-likeness (QED) is 0.815. The van der Waals surface area contributed by atoms with Crippen molar-refractivity contribution in [2.45, 2.75) is 49.7 Å². The van der Waals surface area contributed by atoms with Crippen molar-refractivity contribution in [1.82, 2.24) is 9.88 Å². The number of carbonyl (C=O) groups excluding carboxylic acids is 1. The van der Waals surface area contributed by atoms with Crippen molar-refractivity contribution < 1.29 is 4.79 Å². The molecule has 0 fully saturated rings. The van der Waals surface area contributed by atoms with Gasteiger partial charge in [0, 0.05) is 23.2 Å². The molecule has 2 aromatic rings. The summed E-state index contributed by atoms with van der Waals surface area (Å²) >= 11 is 1.52. The van der Waals surface area contributed by atoms with E-state index in [1.165, 1.54) is 11.8 Å². The van der Waals surface area contributed by atoms with E-state index in [1.54, 1.807) is 6.20 Å². The Morgan fingerprint density at radius 2 is 1.64 bits per heavy atom. The number of pyridine rings is 1. The molecule has 0 radical (unpaired) electrons. The first-order chi connectivity index (χ1) is 10.5. The molecule has 0 spiro atoms. The molecule has 0 aliphatic heterocycles. The minimum atomic E-state index is 0.0732. The first kappa shape index (κ1) is 16.6. The number of hydrogen-bond acceptors (Lipinski definition) is 3. The molecule has 0 aliphatic rings. The molecule has 0 unspecified atom stereocenters. The Morgan fingerprint density at radius 3 is 2.23 bits per heavy atom. The number of rotatable bonds is 5. The second-order valence-electron chi connectivity index (χ2n) is 5.67. The average molecular weight is 314 g/mol. The fraction of sp³-hybridized carbons (Fsp3) is 0.333. The van der Waals surface area contributed by atoms with Crippen molar-refractivity contribution in [2.24, 2.45) is 0 Å². The van der Waals surface area contributed by atoms with Gasteiger partial charge in [-0.25, -0.2) is 4.98 Å². The molecule has 3 nitrogen and oxygen atoms in total. The van der Waals surface area contributed by atoms with Gasteiger partial charge in [-0.2, -0.15) is 0 Å². The molecule has 1 aromatic heterocycles. The molecular formula is C18H22N2OS. The van der Waals surface area contributed by atoms with E-state index in [0.717, 1.165) is 15.5 Å². The summed E-state index contributed by atoms with van der Waals surface area (Å²) in [6.07, 6.45) is 1.77. The Labute approximate surface area is 136 Å². The van der Waals surface area contributed by atoms with Crippen LogP contribution in [0, 0.1) is 0 Å². The zero-order valence-electron chi connectivity index (χ0n) is 13.5. The maximum atomic E-state index is 12.9. The maximum Gasteiger partial charge on any atom is 0.255 e. The molecule has 22 heavy (non-hydrogen) atoms. The van der Waals surface area contributed by atoms with Gasteiger partial charge in [0.15, 0.2) is 0 Å². The van der Waals surface area contributed by atoms with Crippen LogP contribution in [0.25, 0.3) is 0 Å². The highest BCUT2D eigenvalue weighted by molar-refractivity contribution is 7.99.